The number of primary amides is 1. The van der Waals surface area contributed by atoms with Gasteiger partial charge in [0, 0.05) is 23.0 Å². The Kier molecular flexibility index (Phi) is 4.65. The average Bonchev–Trinajstić information content (AvgIpc) is 3.36. The molecule has 0 atom stereocenters. The molecule has 0 bridgehead atoms. The number of carbonyl (C=O) groups is 1. The third-order valence-electron chi connectivity index (χ3n) is 4.86. The lowest BCUT2D eigenvalue weighted by Crippen LogP contribution is -2.13. The van der Waals surface area contributed by atoms with E-state index >= 15 is 0 Å². The van der Waals surface area contributed by atoms with Crippen LogP contribution in [0.4, 0.5) is 0 Å². The Morgan fingerprint density at radius 3 is 2.46 bits per heavy atom. The molecule has 0 saturated heterocycles. The van der Waals surface area contributed by atoms with E-state index < -0.39 is 0 Å². The number of rotatable bonds is 7. The van der Waals surface area contributed by atoms with Crippen LogP contribution in [0, 0.1) is 6.92 Å². The summed E-state index contributed by atoms with van der Waals surface area (Å²) in [5.41, 5.74) is 10.8. The monoisotopic (exact) mass is 326 g/mol. The summed E-state index contributed by atoms with van der Waals surface area (Å²) < 4.78 is 7.63. The van der Waals surface area contributed by atoms with Gasteiger partial charge in [-0.15, -0.1) is 0 Å². The van der Waals surface area contributed by atoms with Crippen molar-refractivity contribution in [3.8, 4) is 16.9 Å². The molecule has 4 heteroatoms. The fraction of sp³-hybridized carbons (Fsp3) is 0.450. The van der Waals surface area contributed by atoms with E-state index in [4.69, 9.17) is 10.5 Å². The number of unbranched alkanes of at least 4 members (excludes halogenated alkanes) is 1. The van der Waals surface area contributed by atoms with Gasteiger partial charge in [-0.3, -0.25) is 4.79 Å². The number of nitrogens with two attached hydrogens (primary N) is 1. The standard InChI is InChI=1S/C20H26N2O2/c1-4-5-6-17-19(14-7-11-16(24-3)12-8-14)18(20(21)23)13(2)22(17)15-9-10-15/h7-8,11-12,15H,4-6,9-10H2,1-3H3,(H2,21,23). The molecule has 0 spiro atoms. The normalized spacial score (nSPS) is 14.0. The lowest BCUT2D eigenvalue weighted by molar-refractivity contribution is 0.1000. The fourth-order valence-electron chi connectivity index (χ4n) is 3.56. The van der Waals surface area contributed by atoms with Crippen LogP contribution < -0.4 is 10.5 Å². The van der Waals surface area contributed by atoms with E-state index in [0.29, 0.717) is 11.6 Å². The summed E-state index contributed by atoms with van der Waals surface area (Å²) in [7, 11) is 1.66. The number of hydrogen-bond donors (Lipinski definition) is 1. The molecule has 1 aromatic heterocycles. The van der Waals surface area contributed by atoms with Crippen molar-refractivity contribution in [1.29, 1.82) is 0 Å². The number of ether oxygens (including phenoxy) is 1. The Bertz CT molecular complexity index is 740. The van der Waals surface area contributed by atoms with Crippen molar-refractivity contribution in [1.82, 2.24) is 4.57 Å². The van der Waals surface area contributed by atoms with Gasteiger partial charge in [-0.25, -0.2) is 0 Å². The van der Waals surface area contributed by atoms with Crippen molar-refractivity contribution in [3.05, 3.63) is 41.2 Å². The second-order valence-corrected chi connectivity index (χ2v) is 6.58. The molecule has 1 fully saturated rings. The maximum Gasteiger partial charge on any atom is 0.251 e. The smallest absolute Gasteiger partial charge is 0.251 e. The van der Waals surface area contributed by atoms with Crippen LogP contribution >= 0.6 is 0 Å². The van der Waals surface area contributed by atoms with Crippen LogP contribution in [0.1, 0.15) is 60.4 Å². The molecule has 1 saturated carbocycles. The molecule has 1 aromatic carbocycles. The summed E-state index contributed by atoms with van der Waals surface area (Å²) in [5, 5.41) is 0. The summed E-state index contributed by atoms with van der Waals surface area (Å²) in [4.78, 5) is 12.2. The van der Waals surface area contributed by atoms with Crippen LogP contribution in [0.3, 0.4) is 0 Å². The highest BCUT2D eigenvalue weighted by Gasteiger charge is 2.32. The molecule has 1 aliphatic rings. The molecule has 0 radical (unpaired) electrons. The molecule has 1 aliphatic carbocycles. The highest BCUT2D eigenvalue weighted by Crippen LogP contribution is 2.43. The largest absolute Gasteiger partial charge is 0.497 e. The van der Waals surface area contributed by atoms with Gasteiger partial charge in [-0.05, 0) is 50.3 Å². The zero-order valence-electron chi connectivity index (χ0n) is 14.8. The molecule has 24 heavy (non-hydrogen) atoms. The van der Waals surface area contributed by atoms with Crippen LogP contribution in [-0.2, 0) is 6.42 Å². The molecule has 1 amide bonds. The minimum Gasteiger partial charge on any atom is -0.497 e. The first-order valence-corrected chi connectivity index (χ1v) is 8.76. The molecule has 4 nitrogen and oxygen atoms in total. The van der Waals surface area contributed by atoms with Crippen LogP contribution in [0.5, 0.6) is 5.75 Å². The molecule has 1 heterocycles. The number of benzene rings is 1. The van der Waals surface area contributed by atoms with Crippen molar-refractivity contribution in [2.24, 2.45) is 5.73 Å². The Hall–Kier alpha value is -2.23. The Labute approximate surface area is 143 Å². The topological polar surface area (TPSA) is 57.2 Å². The predicted molar refractivity (Wildman–Crippen MR) is 96.6 cm³/mol. The summed E-state index contributed by atoms with van der Waals surface area (Å²) in [5.74, 6) is 0.475. The van der Waals surface area contributed by atoms with E-state index in [1.54, 1.807) is 7.11 Å². The van der Waals surface area contributed by atoms with Gasteiger partial charge in [0.15, 0.2) is 0 Å². The first kappa shape index (κ1) is 16.6. The SMILES string of the molecule is CCCCc1c(-c2ccc(OC)cc2)c(C(N)=O)c(C)n1C1CC1. The maximum atomic E-state index is 12.2. The van der Waals surface area contributed by atoms with E-state index in [9.17, 15) is 4.79 Å². The van der Waals surface area contributed by atoms with Gasteiger partial charge in [-0.1, -0.05) is 25.5 Å². The molecule has 2 aromatic rings. The molecule has 0 unspecified atom stereocenters. The fourth-order valence-corrected chi connectivity index (χ4v) is 3.56. The van der Waals surface area contributed by atoms with Crippen molar-refractivity contribution in [2.45, 2.75) is 52.0 Å². The van der Waals surface area contributed by atoms with Gasteiger partial charge in [0.25, 0.3) is 5.91 Å². The van der Waals surface area contributed by atoms with E-state index in [0.717, 1.165) is 41.8 Å². The predicted octanol–water partition coefficient (Wildman–Crippen LogP) is 4.25. The van der Waals surface area contributed by atoms with Crippen molar-refractivity contribution >= 4 is 5.91 Å². The van der Waals surface area contributed by atoms with Crippen molar-refractivity contribution in [2.75, 3.05) is 7.11 Å². The van der Waals surface area contributed by atoms with Gasteiger partial charge in [0.05, 0.1) is 12.7 Å². The summed E-state index contributed by atoms with van der Waals surface area (Å²) in [6.45, 7) is 4.22. The number of nitrogens with zero attached hydrogens (tertiary/aromatic N) is 1. The quantitative estimate of drug-likeness (QED) is 0.827. The molecular weight excluding hydrogens is 300 g/mol. The Balaban J connectivity index is 2.19. The molecular formula is C20H26N2O2. The van der Waals surface area contributed by atoms with Crippen molar-refractivity contribution in [3.63, 3.8) is 0 Å². The molecule has 128 valence electrons. The van der Waals surface area contributed by atoms with Crippen LogP contribution in [0.15, 0.2) is 24.3 Å². The molecule has 2 N–H and O–H groups in total. The number of methoxy groups -OCH3 is 1. The first-order valence-electron chi connectivity index (χ1n) is 8.76. The van der Waals surface area contributed by atoms with E-state index in [2.05, 4.69) is 11.5 Å². The zero-order valence-corrected chi connectivity index (χ0v) is 14.8. The number of amides is 1. The van der Waals surface area contributed by atoms with Crippen LogP contribution in [-0.4, -0.2) is 17.6 Å². The van der Waals surface area contributed by atoms with E-state index in [1.165, 1.54) is 18.5 Å². The third-order valence-corrected chi connectivity index (χ3v) is 4.86. The van der Waals surface area contributed by atoms with Crippen molar-refractivity contribution < 1.29 is 9.53 Å². The Morgan fingerprint density at radius 2 is 1.96 bits per heavy atom. The number of aromatic nitrogens is 1. The van der Waals surface area contributed by atoms with E-state index in [1.807, 2.05) is 31.2 Å². The van der Waals surface area contributed by atoms with Gasteiger partial charge >= 0.3 is 0 Å². The van der Waals surface area contributed by atoms with Crippen LogP contribution in [0.2, 0.25) is 0 Å². The third kappa shape index (κ3) is 2.93. The van der Waals surface area contributed by atoms with Gasteiger partial charge in [0.1, 0.15) is 5.75 Å². The second kappa shape index (κ2) is 6.71. The summed E-state index contributed by atoms with van der Waals surface area (Å²) >= 11 is 0. The lowest BCUT2D eigenvalue weighted by atomic mass is 9.97. The van der Waals surface area contributed by atoms with Gasteiger partial charge < -0.3 is 15.0 Å². The highest BCUT2D eigenvalue weighted by molar-refractivity contribution is 6.02. The highest BCUT2D eigenvalue weighted by atomic mass is 16.5. The average molecular weight is 326 g/mol. The minimum atomic E-state index is -0.338. The zero-order chi connectivity index (χ0) is 17.3. The maximum absolute atomic E-state index is 12.2. The first-order chi connectivity index (χ1) is 11.6. The van der Waals surface area contributed by atoms with Gasteiger partial charge in [-0.2, -0.15) is 0 Å². The Morgan fingerprint density at radius 1 is 1.29 bits per heavy atom. The minimum absolute atomic E-state index is 0.338. The summed E-state index contributed by atoms with van der Waals surface area (Å²) in [6, 6.07) is 8.45. The lowest BCUT2D eigenvalue weighted by Gasteiger charge is -2.12. The number of carbonyl (C=O) groups excluding carboxylic acids is 1. The second-order valence-electron chi connectivity index (χ2n) is 6.58. The molecule has 3 rings (SSSR count). The van der Waals surface area contributed by atoms with Crippen LogP contribution in [0.25, 0.3) is 11.1 Å². The number of hydrogen-bond acceptors (Lipinski definition) is 2. The summed E-state index contributed by atoms with van der Waals surface area (Å²) in [6.07, 6.45) is 5.59. The van der Waals surface area contributed by atoms with Gasteiger partial charge in [0.2, 0.25) is 0 Å². The molecule has 0 aliphatic heterocycles. The van der Waals surface area contributed by atoms with E-state index in [-0.39, 0.29) is 5.91 Å².